The normalized spacial score (nSPS) is 18.6. The molecule has 0 saturated carbocycles. The van der Waals surface area contributed by atoms with Crippen molar-refractivity contribution in [3.63, 3.8) is 0 Å². The number of aromatic nitrogens is 4. The molecule has 0 aliphatic carbocycles. The van der Waals surface area contributed by atoms with Crippen molar-refractivity contribution in [1.29, 1.82) is 0 Å². The van der Waals surface area contributed by atoms with E-state index in [-0.39, 0.29) is 22.8 Å². The molecule has 2 aliphatic rings. The van der Waals surface area contributed by atoms with Crippen molar-refractivity contribution < 1.29 is 19.0 Å². The summed E-state index contributed by atoms with van der Waals surface area (Å²) in [5, 5.41) is 9.84. The van der Waals surface area contributed by atoms with E-state index in [1.165, 1.54) is 11.8 Å². The first-order valence-electron chi connectivity index (χ1n) is 13.1. The minimum atomic E-state index is -0.379. The second-order valence-corrected chi connectivity index (χ2v) is 12.5. The van der Waals surface area contributed by atoms with E-state index in [9.17, 15) is 9.59 Å². The average molecular weight is 570 g/mol. The number of thioether (sulfide) groups is 1. The Morgan fingerprint density at radius 2 is 1.90 bits per heavy atom. The number of ether oxygens (including phenoxy) is 3. The van der Waals surface area contributed by atoms with E-state index in [0.717, 1.165) is 15.3 Å². The van der Waals surface area contributed by atoms with Gasteiger partial charge in [0.25, 0.3) is 5.56 Å². The lowest BCUT2D eigenvalue weighted by atomic mass is 9.96. The zero-order chi connectivity index (χ0) is 27.3. The van der Waals surface area contributed by atoms with Crippen LogP contribution in [0.3, 0.4) is 0 Å². The third-order valence-electron chi connectivity index (χ3n) is 7.37. The van der Waals surface area contributed by atoms with Crippen molar-refractivity contribution in [2.45, 2.75) is 50.3 Å². The number of amides is 1. The zero-order valence-electron chi connectivity index (χ0n) is 22.4. The Morgan fingerprint density at radius 1 is 1.15 bits per heavy atom. The Balaban J connectivity index is 1.52. The van der Waals surface area contributed by atoms with Crippen LogP contribution in [0, 0.1) is 5.92 Å². The van der Waals surface area contributed by atoms with E-state index < -0.39 is 0 Å². The Hall–Kier alpha value is -2.93. The van der Waals surface area contributed by atoms with Gasteiger partial charge in [-0.2, -0.15) is 0 Å². The number of benzene rings is 1. The van der Waals surface area contributed by atoms with Crippen LogP contribution in [-0.2, 0) is 27.3 Å². The van der Waals surface area contributed by atoms with Crippen LogP contribution in [0.2, 0.25) is 0 Å². The lowest BCUT2D eigenvalue weighted by Crippen LogP contribution is -2.44. The molecule has 2 aliphatic heterocycles. The monoisotopic (exact) mass is 569 g/mol. The molecule has 2 atom stereocenters. The number of fused-ring (bicyclic) bond motifs is 5. The molecule has 10 nitrogen and oxygen atoms in total. The van der Waals surface area contributed by atoms with Crippen LogP contribution in [-0.4, -0.2) is 74.7 Å². The van der Waals surface area contributed by atoms with Crippen LogP contribution in [0.25, 0.3) is 21.7 Å². The first kappa shape index (κ1) is 26.3. The number of carbonyl (C=O) groups excluding carboxylic acids is 1. The highest BCUT2D eigenvalue weighted by Crippen LogP contribution is 2.38. The third kappa shape index (κ3) is 4.62. The molecular formula is C27H31N5O5S2. The van der Waals surface area contributed by atoms with Crippen LogP contribution in [0.15, 0.2) is 34.2 Å². The summed E-state index contributed by atoms with van der Waals surface area (Å²) in [6.45, 7) is 8.90. The van der Waals surface area contributed by atoms with Crippen LogP contribution in [0.1, 0.15) is 31.2 Å². The van der Waals surface area contributed by atoms with Gasteiger partial charge in [0.05, 0.1) is 49.4 Å². The van der Waals surface area contributed by atoms with Crippen molar-refractivity contribution >= 4 is 45.0 Å². The number of thiophene rings is 1. The summed E-state index contributed by atoms with van der Waals surface area (Å²) >= 11 is 2.91. The summed E-state index contributed by atoms with van der Waals surface area (Å²) in [6.07, 6.45) is 0.716. The fourth-order valence-corrected chi connectivity index (χ4v) is 7.39. The predicted molar refractivity (Wildman–Crippen MR) is 150 cm³/mol. The molecule has 1 aromatic carbocycles. The van der Waals surface area contributed by atoms with Crippen molar-refractivity contribution in [1.82, 2.24) is 24.1 Å². The smallest absolute Gasteiger partial charge is 0.268 e. The molecule has 1 fully saturated rings. The zero-order valence-corrected chi connectivity index (χ0v) is 24.0. The van der Waals surface area contributed by atoms with Gasteiger partial charge in [0, 0.05) is 24.4 Å². The van der Waals surface area contributed by atoms with E-state index in [2.05, 4.69) is 24.0 Å². The molecule has 1 amide bonds. The Bertz CT molecular complexity index is 1590. The first-order chi connectivity index (χ1) is 18.9. The maximum absolute atomic E-state index is 14.2. The second kappa shape index (κ2) is 10.6. The minimum absolute atomic E-state index is 0.0402. The Labute approximate surface area is 233 Å². The highest BCUT2D eigenvalue weighted by molar-refractivity contribution is 8.00. The maximum Gasteiger partial charge on any atom is 0.268 e. The second-order valence-electron chi connectivity index (χ2n) is 10.1. The molecule has 4 aromatic rings. The standard InChI is InChI=1S/C27H31N5O5S2/c1-15(2)20-13-19-21(14-37-20)39-25-22(19)24(34)31(17-5-7-18(35-4)8-6-17)26-28-29-27(32(25)26)38-16(3)23(33)30-9-11-36-12-10-30/h5-8,15-16,20H,9-14H2,1-4H3/t16-,20+/m1/s1. The number of hydrogen-bond acceptors (Lipinski definition) is 9. The van der Waals surface area contributed by atoms with Gasteiger partial charge in [0.1, 0.15) is 10.6 Å². The third-order valence-corrected chi connectivity index (χ3v) is 9.59. The van der Waals surface area contributed by atoms with E-state index in [4.69, 9.17) is 14.2 Å². The molecule has 12 heteroatoms. The molecule has 5 heterocycles. The lowest BCUT2D eigenvalue weighted by molar-refractivity contribution is -0.134. The number of rotatable bonds is 6. The Kier molecular flexibility index (Phi) is 7.13. The first-order valence-corrected chi connectivity index (χ1v) is 14.8. The molecule has 0 unspecified atom stereocenters. The van der Waals surface area contributed by atoms with Crippen LogP contribution >= 0.6 is 23.1 Å². The van der Waals surface area contributed by atoms with Gasteiger partial charge in [-0.1, -0.05) is 25.6 Å². The highest BCUT2D eigenvalue weighted by Gasteiger charge is 2.31. The summed E-state index contributed by atoms with van der Waals surface area (Å²) in [5.74, 6) is 1.47. The summed E-state index contributed by atoms with van der Waals surface area (Å²) < 4.78 is 20.4. The van der Waals surface area contributed by atoms with E-state index in [1.54, 1.807) is 23.0 Å². The van der Waals surface area contributed by atoms with Gasteiger partial charge in [-0.05, 0) is 42.7 Å². The average Bonchev–Trinajstić information content (AvgIpc) is 3.54. The summed E-state index contributed by atoms with van der Waals surface area (Å²) in [6, 6.07) is 7.33. The summed E-state index contributed by atoms with van der Waals surface area (Å²) in [7, 11) is 1.61. The molecule has 206 valence electrons. The molecule has 6 rings (SSSR count). The summed E-state index contributed by atoms with van der Waals surface area (Å²) in [4.78, 5) is 31.1. The summed E-state index contributed by atoms with van der Waals surface area (Å²) in [5.41, 5.74) is 1.57. The van der Waals surface area contributed by atoms with E-state index in [1.807, 2.05) is 40.5 Å². The molecule has 0 N–H and O–H groups in total. The number of nitrogens with zero attached hydrogens (tertiary/aromatic N) is 5. The van der Waals surface area contributed by atoms with Crippen LogP contribution in [0.4, 0.5) is 0 Å². The van der Waals surface area contributed by atoms with Gasteiger partial charge in [-0.15, -0.1) is 21.5 Å². The van der Waals surface area contributed by atoms with Gasteiger partial charge in [0.2, 0.25) is 11.7 Å². The van der Waals surface area contributed by atoms with Gasteiger partial charge in [-0.3, -0.25) is 9.59 Å². The lowest BCUT2D eigenvalue weighted by Gasteiger charge is -2.28. The van der Waals surface area contributed by atoms with E-state index in [0.29, 0.717) is 73.0 Å². The molecule has 0 bridgehead atoms. The van der Waals surface area contributed by atoms with Crippen molar-refractivity contribution in [2.24, 2.45) is 5.92 Å². The topological polar surface area (TPSA) is 100 Å². The highest BCUT2D eigenvalue weighted by atomic mass is 32.2. The maximum atomic E-state index is 14.2. The number of hydrogen-bond donors (Lipinski definition) is 0. The number of morpholine rings is 1. The van der Waals surface area contributed by atoms with Crippen LogP contribution < -0.4 is 10.3 Å². The fourth-order valence-electron chi connectivity index (χ4n) is 5.16. The molecule has 1 saturated heterocycles. The molecule has 39 heavy (non-hydrogen) atoms. The molecule has 0 spiro atoms. The van der Waals surface area contributed by atoms with Crippen LogP contribution in [0.5, 0.6) is 5.75 Å². The van der Waals surface area contributed by atoms with Gasteiger partial charge < -0.3 is 19.1 Å². The minimum Gasteiger partial charge on any atom is -0.497 e. The molecule has 0 radical (unpaired) electrons. The SMILES string of the molecule is COc1ccc(-n2c(=O)c3c4c(sc3n3c(S[C@H](C)C(=O)N5CCOCC5)nnc23)CO[C@H](C(C)C)C4)cc1. The fraction of sp³-hybridized carbons (Fsp3) is 0.481. The quantitative estimate of drug-likeness (QED) is 0.325. The predicted octanol–water partition coefficient (Wildman–Crippen LogP) is 3.54. The van der Waals surface area contributed by atoms with Gasteiger partial charge in [0.15, 0.2) is 5.16 Å². The largest absolute Gasteiger partial charge is 0.497 e. The number of methoxy groups -OCH3 is 1. The molecule has 3 aromatic heterocycles. The van der Waals surface area contributed by atoms with Gasteiger partial charge >= 0.3 is 0 Å². The van der Waals surface area contributed by atoms with Crippen molar-refractivity contribution in [3.05, 3.63) is 45.1 Å². The van der Waals surface area contributed by atoms with Crippen molar-refractivity contribution in [3.8, 4) is 11.4 Å². The number of carbonyl (C=O) groups is 1. The van der Waals surface area contributed by atoms with Crippen molar-refractivity contribution in [2.75, 3.05) is 33.4 Å². The molecular weight excluding hydrogens is 538 g/mol. The Morgan fingerprint density at radius 3 is 2.59 bits per heavy atom. The van der Waals surface area contributed by atoms with Gasteiger partial charge in [-0.25, -0.2) is 8.97 Å². The van der Waals surface area contributed by atoms with E-state index >= 15 is 0 Å².